The number of hydrogen-bond donors (Lipinski definition) is 1. The Labute approximate surface area is 81.2 Å². The van der Waals surface area contributed by atoms with Crippen molar-refractivity contribution in [3.8, 4) is 0 Å². The highest BCUT2D eigenvalue weighted by molar-refractivity contribution is 4.91. The van der Waals surface area contributed by atoms with Gasteiger partial charge in [-0.1, -0.05) is 6.92 Å². The summed E-state index contributed by atoms with van der Waals surface area (Å²) in [5, 5.41) is 0. The molecule has 0 amide bonds. The van der Waals surface area contributed by atoms with Crippen LogP contribution in [-0.2, 0) is 4.74 Å². The summed E-state index contributed by atoms with van der Waals surface area (Å²) in [6.07, 6.45) is 2.67. The lowest BCUT2D eigenvalue weighted by atomic mass is 9.97. The molecule has 0 spiro atoms. The molecule has 1 fully saturated rings. The lowest BCUT2D eigenvalue weighted by molar-refractivity contribution is 0.0787. The Morgan fingerprint density at radius 1 is 1.62 bits per heavy atom. The molecule has 2 N–H and O–H groups in total. The molecule has 1 saturated heterocycles. The van der Waals surface area contributed by atoms with Gasteiger partial charge in [0.1, 0.15) is 0 Å². The Balaban J connectivity index is 2.53. The van der Waals surface area contributed by atoms with Crippen molar-refractivity contribution < 1.29 is 4.74 Å². The fourth-order valence-corrected chi connectivity index (χ4v) is 1.91. The smallest absolute Gasteiger partial charge is 0.0710 e. The van der Waals surface area contributed by atoms with Crippen LogP contribution in [0.1, 0.15) is 26.7 Å². The van der Waals surface area contributed by atoms with Crippen LogP contribution < -0.4 is 5.73 Å². The number of likely N-dealkylation sites (tertiary alicyclic amines) is 1. The third-order valence-electron chi connectivity index (χ3n) is 3.44. The summed E-state index contributed by atoms with van der Waals surface area (Å²) in [7, 11) is 1.79. The van der Waals surface area contributed by atoms with Gasteiger partial charge >= 0.3 is 0 Å². The second kappa shape index (κ2) is 4.40. The maximum Gasteiger partial charge on any atom is 0.0710 e. The zero-order valence-corrected chi connectivity index (χ0v) is 9.05. The van der Waals surface area contributed by atoms with Gasteiger partial charge in [-0.25, -0.2) is 0 Å². The molecule has 2 atom stereocenters. The number of ether oxygens (including phenoxy) is 1. The van der Waals surface area contributed by atoms with Crippen molar-refractivity contribution in [2.45, 2.75) is 38.3 Å². The molecule has 78 valence electrons. The Morgan fingerprint density at radius 3 is 2.69 bits per heavy atom. The molecule has 1 rings (SSSR count). The van der Waals surface area contributed by atoms with Gasteiger partial charge in [-0.2, -0.15) is 0 Å². The lowest BCUT2D eigenvalue weighted by Gasteiger charge is -2.37. The van der Waals surface area contributed by atoms with Gasteiger partial charge in [0.2, 0.25) is 0 Å². The number of rotatable bonds is 4. The minimum Gasteiger partial charge on any atom is -0.380 e. The Kier molecular flexibility index (Phi) is 3.71. The summed E-state index contributed by atoms with van der Waals surface area (Å²) in [5.74, 6) is 0. The lowest BCUT2D eigenvalue weighted by Crippen LogP contribution is -2.50. The summed E-state index contributed by atoms with van der Waals surface area (Å²) in [5.41, 5.74) is 5.98. The zero-order valence-electron chi connectivity index (χ0n) is 9.05. The molecular formula is C10H22N2O. The van der Waals surface area contributed by atoms with Crippen LogP contribution in [0.25, 0.3) is 0 Å². The van der Waals surface area contributed by atoms with E-state index in [9.17, 15) is 0 Å². The standard InChI is InChI=1S/C10H22N2O/c1-4-10(2,8-11)12-6-5-9(7-12)13-3/h9H,4-8,11H2,1-3H3. The van der Waals surface area contributed by atoms with Crippen LogP contribution in [0.4, 0.5) is 0 Å². The molecule has 0 aromatic carbocycles. The second-order valence-corrected chi connectivity index (χ2v) is 4.15. The number of nitrogens with two attached hydrogens (primary N) is 1. The average molecular weight is 186 g/mol. The highest BCUT2D eigenvalue weighted by Gasteiger charge is 2.34. The fraction of sp³-hybridized carbons (Fsp3) is 1.00. The Morgan fingerprint density at radius 2 is 2.31 bits per heavy atom. The van der Waals surface area contributed by atoms with Crippen LogP contribution in [-0.4, -0.2) is 43.3 Å². The fourth-order valence-electron chi connectivity index (χ4n) is 1.91. The molecule has 3 nitrogen and oxygen atoms in total. The van der Waals surface area contributed by atoms with E-state index in [0.717, 1.165) is 32.5 Å². The molecule has 1 aliphatic heterocycles. The highest BCUT2D eigenvalue weighted by atomic mass is 16.5. The van der Waals surface area contributed by atoms with Crippen molar-refractivity contribution in [2.75, 3.05) is 26.7 Å². The minimum atomic E-state index is 0.174. The molecule has 0 saturated carbocycles. The van der Waals surface area contributed by atoms with Crippen molar-refractivity contribution in [1.29, 1.82) is 0 Å². The topological polar surface area (TPSA) is 38.5 Å². The average Bonchev–Trinajstić information content (AvgIpc) is 2.65. The van der Waals surface area contributed by atoms with E-state index in [1.54, 1.807) is 7.11 Å². The monoisotopic (exact) mass is 186 g/mol. The van der Waals surface area contributed by atoms with E-state index in [1.807, 2.05) is 0 Å². The van der Waals surface area contributed by atoms with E-state index in [4.69, 9.17) is 10.5 Å². The molecule has 0 aromatic rings. The van der Waals surface area contributed by atoms with E-state index in [1.165, 1.54) is 0 Å². The first-order valence-corrected chi connectivity index (χ1v) is 5.14. The summed E-state index contributed by atoms with van der Waals surface area (Å²) >= 11 is 0. The van der Waals surface area contributed by atoms with Crippen molar-refractivity contribution in [1.82, 2.24) is 4.90 Å². The molecule has 0 aliphatic carbocycles. The molecular weight excluding hydrogens is 164 g/mol. The Hall–Kier alpha value is -0.120. The summed E-state index contributed by atoms with van der Waals surface area (Å²) < 4.78 is 5.34. The van der Waals surface area contributed by atoms with Crippen molar-refractivity contribution in [3.05, 3.63) is 0 Å². The minimum absolute atomic E-state index is 0.174. The van der Waals surface area contributed by atoms with Crippen LogP contribution in [0, 0.1) is 0 Å². The van der Waals surface area contributed by atoms with Gasteiger partial charge in [0.05, 0.1) is 6.10 Å². The van der Waals surface area contributed by atoms with Gasteiger partial charge in [-0.15, -0.1) is 0 Å². The van der Waals surface area contributed by atoms with Crippen LogP contribution in [0.3, 0.4) is 0 Å². The van der Waals surface area contributed by atoms with Crippen molar-refractivity contribution in [2.24, 2.45) is 5.73 Å². The van der Waals surface area contributed by atoms with Crippen LogP contribution in [0.2, 0.25) is 0 Å². The van der Waals surface area contributed by atoms with Gasteiger partial charge in [0, 0.05) is 32.3 Å². The van der Waals surface area contributed by atoms with Gasteiger partial charge in [0.25, 0.3) is 0 Å². The first-order valence-electron chi connectivity index (χ1n) is 5.14. The van der Waals surface area contributed by atoms with Crippen LogP contribution in [0.15, 0.2) is 0 Å². The van der Waals surface area contributed by atoms with Crippen molar-refractivity contribution >= 4 is 0 Å². The molecule has 1 aliphatic rings. The van der Waals surface area contributed by atoms with Crippen LogP contribution >= 0.6 is 0 Å². The van der Waals surface area contributed by atoms with Gasteiger partial charge < -0.3 is 10.5 Å². The molecule has 3 heteroatoms. The highest BCUT2D eigenvalue weighted by Crippen LogP contribution is 2.24. The third-order valence-corrected chi connectivity index (χ3v) is 3.44. The molecule has 0 bridgehead atoms. The normalized spacial score (nSPS) is 29.1. The van der Waals surface area contributed by atoms with E-state index in [0.29, 0.717) is 6.10 Å². The second-order valence-electron chi connectivity index (χ2n) is 4.15. The van der Waals surface area contributed by atoms with Gasteiger partial charge in [-0.05, 0) is 19.8 Å². The van der Waals surface area contributed by atoms with E-state index in [-0.39, 0.29) is 5.54 Å². The summed E-state index contributed by atoms with van der Waals surface area (Å²) in [6.45, 7) is 7.34. The third kappa shape index (κ3) is 2.22. The predicted octanol–water partition coefficient (Wildman–Crippen LogP) is 0.835. The first kappa shape index (κ1) is 11.0. The molecule has 0 aromatic heterocycles. The maximum absolute atomic E-state index is 5.80. The molecule has 13 heavy (non-hydrogen) atoms. The first-order chi connectivity index (χ1) is 6.16. The number of hydrogen-bond acceptors (Lipinski definition) is 3. The summed E-state index contributed by atoms with van der Waals surface area (Å²) in [6, 6.07) is 0. The van der Waals surface area contributed by atoms with Crippen LogP contribution in [0.5, 0.6) is 0 Å². The largest absolute Gasteiger partial charge is 0.380 e. The van der Waals surface area contributed by atoms with E-state index in [2.05, 4.69) is 18.7 Å². The number of nitrogens with zero attached hydrogens (tertiary/aromatic N) is 1. The maximum atomic E-state index is 5.80. The molecule has 0 radical (unpaired) electrons. The molecule has 2 unspecified atom stereocenters. The van der Waals surface area contributed by atoms with E-state index >= 15 is 0 Å². The van der Waals surface area contributed by atoms with Gasteiger partial charge in [0.15, 0.2) is 0 Å². The summed E-state index contributed by atoms with van der Waals surface area (Å²) in [4.78, 5) is 2.46. The SMILES string of the molecule is CCC(C)(CN)N1CCC(OC)C1. The van der Waals surface area contributed by atoms with E-state index < -0.39 is 0 Å². The Bertz CT molecular complexity index is 157. The predicted molar refractivity (Wildman–Crippen MR) is 54.7 cm³/mol. The number of methoxy groups -OCH3 is 1. The molecule has 1 heterocycles. The quantitative estimate of drug-likeness (QED) is 0.707. The zero-order chi connectivity index (χ0) is 9.90. The van der Waals surface area contributed by atoms with Crippen molar-refractivity contribution in [3.63, 3.8) is 0 Å². The van der Waals surface area contributed by atoms with Gasteiger partial charge in [-0.3, -0.25) is 4.90 Å².